The van der Waals surface area contributed by atoms with Crippen molar-refractivity contribution >= 4 is 29.3 Å². The third kappa shape index (κ3) is 8.16. The van der Waals surface area contributed by atoms with Gasteiger partial charge in [-0.3, -0.25) is 19.2 Å². The minimum absolute atomic E-state index is 0.0649. The van der Waals surface area contributed by atoms with Gasteiger partial charge in [-0.05, 0) is 47.4 Å². The molecule has 0 saturated heterocycles. The Morgan fingerprint density at radius 2 is 1.31 bits per heavy atom. The molecule has 2 aliphatic rings. The summed E-state index contributed by atoms with van der Waals surface area (Å²) < 4.78 is 5.95. The summed E-state index contributed by atoms with van der Waals surface area (Å²) in [5, 5.41) is 5.72. The van der Waals surface area contributed by atoms with Crippen molar-refractivity contribution < 1.29 is 23.9 Å². The highest BCUT2D eigenvalue weighted by molar-refractivity contribution is 5.94. The van der Waals surface area contributed by atoms with Crippen LogP contribution in [0.2, 0.25) is 0 Å². The molecule has 39 heavy (non-hydrogen) atoms. The van der Waals surface area contributed by atoms with Gasteiger partial charge in [-0.25, -0.2) is 0 Å². The van der Waals surface area contributed by atoms with Crippen LogP contribution in [0.5, 0.6) is 11.5 Å². The molecule has 0 radical (unpaired) electrons. The number of amides is 4. The predicted octanol–water partition coefficient (Wildman–Crippen LogP) is 3.49. The first-order valence-corrected chi connectivity index (χ1v) is 12.8. The maximum Gasteiger partial charge on any atom is 0.244 e. The van der Waals surface area contributed by atoms with Crippen LogP contribution < -0.4 is 15.4 Å². The fraction of sp³-hybridized carbons (Fsp3) is 0.267. The molecular weight excluding hydrogens is 496 g/mol. The van der Waals surface area contributed by atoms with Gasteiger partial charge in [0.2, 0.25) is 23.6 Å². The van der Waals surface area contributed by atoms with E-state index in [-0.39, 0.29) is 49.8 Å². The van der Waals surface area contributed by atoms with E-state index in [1.165, 1.54) is 23.6 Å². The number of benzene rings is 3. The van der Waals surface area contributed by atoms with E-state index in [2.05, 4.69) is 10.6 Å². The lowest BCUT2D eigenvalue weighted by molar-refractivity contribution is -0.134. The normalized spacial score (nSPS) is 15.1. The fourth-order valence-corrected chi connectivity index (χ4v) is 4.27. The standard InChI is InChI=1S/C30H32N4O5/c1-21(35)33-17-24-5-3-6-25(15-24)18-34(22(2)36)20-30(38)32-26-7-4-8-28(16-26)39-27-11-9-23(10-12-27)13-14-31-29(37)19-33/h3-12,15-16H,13-14,17-20H2,1-2H3,(H,31,37)(H,32,38). The van der Waals surface area contributed by atoms with Gasteiger partial charge in [0.25, 0.3) is 0 Å². The van der Waals surface area contributed by atoms with Crippen LogP contribution in [-0.2, 0) is 38.7 Å². The minimum atomic E-state index is -0.338. The van der Waals surface area contributed by atoms with Gasteiger partial charge in [0.05, 0.1) is 6.54 Å². The quantitative estimate of drug-likeness (QED) is 0.465. The third-order valence-corrected chi connectivity index (χ3v) is 6.31. The highest BCUT2D eigenvalue weighted by Gasteiger charge is 2.17. The van der Waals surface area contributed by atoms with Crippen molar-refractivity contribution in [2.75, 3.05) is 25.0 Å². The Bertz CT molecular complexity index is 1360. The van der Waals surface area contributed by atoms with Crippen molar-refractivity contribution in [2.45, 2.75) is 33.4 Å². The second-order valence-electron chi connectivity index (χ2n) is 9.49. The molecular formula is C30H32N4O5. The maximum atomic E-state index is 12.8. The number of carbonyl (C=O) groups excluding carboxylic acids is 4. The molecule has 5 rings (SSSR count). The van der Waals surface area contributed by atoms with Crippen LogP contribution in [0.15, 0.2) is 72.8 Å². The molecule has 0 saturated carbocycles. The number of nitrogens with one attached hydrogen (secondary N) is 2. The Labute approximate surface area is 227 Å². The van der Waals surface area contributed by atoms with Crippen LogP contribution in [0, 0.1) is 0 Å². The Hall–Kier alpha value is -4.66. The van der Waals surface area contributed by atoms with Crippen LogP contribution >= 0.6 is 0 Å². The second-order valence-corrected chi connectivity index (χ2v) is 9.49. The molecule has 2 heterocycles. The number of fused-ring (bicyclic) bond motifs is 12. The topological polar surface area (TPSA) is 108 Å². The molecule has 3 aromatic rings. The Balaban J connectivity index is 1.59. The first-order valence-electron chi connectivity index (χ1n) is 12.8. The number of ether oxygens (including phenoxy) is 1. The molecule has 0 aliphatic carbocycles. The van der Waals surface area contributed by atoms with Gasteiger partial charge in [-0.2, -0.15) is 0 Å². The van der Waals surface area contributed by atoms with Crippen molar-refractivity contribution in [1.29, 1.82) is 0 Å². The molecule has 9 heteroatoms. The summed E-state index contributed by atoms with van der Waals surface area (Å²) in [4.78, 5) is 53.0. The predicted molar refractivity (Wildman–Crippen MR) is 147 cm³/mol. The highest BCUT2D eigenvalue weighted by atomic mass is 16.5. The molecule has 0 fully saturated rings. The summed E-state index contributed by atoms with van der Waals surface area (Å²) in [7, 11) is 0. The molecule has 0 atom stereocenters. The van der Waals surface area contributed by atoms with E-state index in [0.29, 0.717) is 30.2 Å². The van der Waals surface area contributed by atoms with E-state index in [9.17, 15) is 19.2 Å². The molecule has 0 aromatic heterocycles. The summed E-state index contributed by atoms with van der Waals surface area (Å²) in [6.45, 7) is 3.54. The van der Waals surface area contributed by atoms with Crippen LogP contribution in [0.25, 0.3) is 0 Å². The zero-order valence-electron chi connectivity index (χ0n) is 22.1. The first kappa shape index (κ1) is 27.4. The zero-order chi connectivity index (χ0) is 27.8. The van der Waals surface area contributed by atoms with Gasteiger partial charge in [0, 0.05) is 45.2 Å². The number of anilines is 1. The Morgan fingerprint density at radius 1 is 0.692 bits per heavy atom. The van der Waals surface area contributed by atoms with Gasteiger partial charge < -0.3 is 25.2 Å². The summed E-state index contributed by atoms with van der Waals surface area (Å²) in [6, 6.07) is 22.0. The molecule has 4 amide bonds. The highest BCUT2D eigenvalue weighted by Crippen LogP contribution is 2.25. The fourth-order valence-electron chi connectivity index (χ4n) is 4.27. The zero-order valence-corrected chi connectivity index (χ0v) is 22.1. The van der Waals surface area contributed by atoms with Crippen LogP contribution in [0.4, 0.5) is 5.69 Å². The van der Waals surface area contributed by atoms with E-state index >= 15 is 0 Å². The van der Waals surface area contributed by atoms with Crippen LogP contribution in [0.3, 0.4) is 0 Å². The summed E-state index contributed by atoms with van der Waals surface area (Å²) >= 11 is 0. The van der Waals surface area contributed by atoms with Gasteiger partial charge in [0.15, 0.2) is 0 Å². The van der Waals surface area contributed by atoms with E-state index in [0.717, 1.165) is 16.7 Å². The first-order chi connectivity index (χ1) is 18.7. The van der Waals surface area contributed by atoms with Crippen molar-refractivity contribution in [3.05, 3.63) is 89.5 Å². The summed E-state index contributed by atoms with van der Waals surface area (Å²) in [5.41, 5.74) is 3.20. The largest absolute Gasteiger partial charge is 0.457 e. The van der Waals surface area contributed by atoms with Gasteiger partial charge in [0.1, 0.15) is 18.0 Å². The van der Waals surface area contributed by atoms with E-state index in [4.69, 9.17) is 4.74 Å². The van der Waals surface area contributed by atoms with Crippen molar-refractivity contribution in [3.8, 4) is 11.5 Å². The molecule has 202 valence electrons. The number of carbonyl (C=O) groups is 4. The van der Waals surface area contributed by atoms with E-state index in [1.54, 1.807) is 24.3 Å². The average Bonchev–Trinajstić information content (AvgIpc) is 2.89. The molecule has 9 nitrogen and oxygen atoms in total. The number of rotatable bonds is 0. The molecule has 0 spiro atoms. The van der Waals surface area contributed by atoms with Gasteiger partial charge in [-0.1, -0.05) is 42.5 Å². The molecule has 2 N–H and O–H groups in total. The summed E-state index contributed by atoms with van der Waals surface area (Å²) in [6.07, 6.45) is 0.627. The van der Waals surface area contributed by atoms with Crippen molar-refractivity contribution in [1.82, 2.24) is 15.1 Å². The second kappa shape index (κ2) is 12.7. The van der Waals surface area contributed by atoms with Gasteiger partial charge in [-0.15, -0.1) is 0 Å². The maximum absolute atomic E-state index is 12.8. The van der Waals surface area contributed by atoms with E-state index < -0.39 is 0 Å². The SMILES string of the molecule is CC(=O)N1CC(=O)NCCc2ccc(cc2)Oc2cccc(c2)NC(=O)CN(C(C)=O)Cc2cccc(c2)C1. The average molecular weight is 529 g/mol. The van der Waals surface area contributed by atoms with Gasteiger partial charge >= 0.3 is 0 Å². The molecule has 6 bridgehead atoms. The number of nitrogens with zero attached hydrogens (tertiary/aromatic N) is 2. The minimum Gasteiger partial charge on any atom is -0.457 e. The Morgan fingerprint density at radius 3 is 1.95 bits per heavy atom. The van der Waals surface area contributed by atoms with E-state index in [1.807, 2.05) is 48.5 Å². The van der Waals surface area contributed by atoms with Crippen molar-refractivity contribution in [3.63, 3.8) is 0 Å². The molecule has 2 aliphatic heterocycles. The lowest BCUT2D eigenvalue weighted by atomic mass is 10.1. The van der Waals surface area contributed by atoms with Crippen molar-refractivity contribution in [2.24, 2.45) is 0 Å². The third-order valence-electron chi connectivity index (χ3n) is 6.31. The smallest absolute Gasteiger partial charge is 0.244 e. The summed E-state index contributed by atoms with van der Waals surface area (Å²) in [5.74, 6) is 0.141. The lowest BCUT2D eigenvalue weighted by Crippen LogP contribution is -2.40. The molecule has 3 aromatic carbocycles. The molecule has 0 unspecified atom stereocenters. The van der Waals surface area contributed by atoms with Crippen LogP contribution in [0.1, 0.15) is 30.5 Å². The number of hydrogen-bond donors (Lipinski definition) is 2. The number of hydrogen-bond acceptors (Lipinski definition) is 5. The monoisotopic (exact) mass is 528 g/mol. The lowest BCUT2D eigenvalue weighted by Gasteiger charge is -2.23. The van der Waals surface area contributed by atoms with Crippen LogP contribution in [-0.4, -0.2) is 53.1 Å². The Kier molecular flexibility index (Phi) is 8.94.